The van der Waals surface area contributed by atoms with Gasteiger partial charge >= 0.3 is 0 Å². The normalized spacial score (nSPS) is 12.6. The number of sulfonamides is 1. The summed E-state index contributed by atoms with van der Waals surface area (Å²) in [5.74, 6) is -0.684. The van der Waals surface area contributed by atoms with Gasteiger partial charge in [-0.05, 0) is 24.6 Å². The van der Waals surface area contributed by atoms with Crippen molar-refractivity contribution >= 4 is 27.5 Å². The number of hydrogen-bond acceptors (Lipinski definition) is 4. The third kappa shape index (κ3) is 3.64. The Balaban J connectivity index is 2.43. The van der Waals surface area contributed by atoms with Crippen molar-refractivity contribution in [3.05, 3.63) is 60.3 Å². The van der Waals surface area contributed by atoms with E-state index in [0.717, 1.165) is 4.31 Å². The van der Waals surface area contributed by atoms with Crippen LogP contribution in [0.15, 0.2) is 59.8 Å². The molecule has 2 rings (SSSR count). The fourth-order valence-electron chi connectivity index (χ4n) is 1.84. The molecule has 116 valence electrons. The molecule has 0 aliphatic heterocycles. The molecule has 1 heterocycles. The van der Waals surface area contributed by atoms with Crippen molar-refractivity contribution in [3.63, 3.8) is 0 Å². The first-order chi connectivity index (χ1) is 10.4. The Morgan fingerprint density at radius 2 is 1.82 bits per heavy atom. The smallest absolute Gasteiger partial charge is 0.272 e. The molecule has 7 heteroatoms. The highest BCUT2D eigenvalue weighted by Gasteiger charge is 2.32. The first-order valence-corrected chi connectivity index (χ1v) is 8.46. The zero-order valence-electron chi connectivity index (χ0n) is 11.9. The Kier molecular flexibility index (Phi) is 5.15. The maximum Gasteiger partial charge on any atom is 0.284 e. The maximum absolute atomic E-state index is 12.7. The van der Waals surface area contributed by atoms with E-state index in [-0.39, 0.29) is 11.6 Å². The van der Waals surface area contributed by atoms with Gasteiger partial charge in [-0.25, -0.2) is 9.29 Å². The van der Waals surface area contributed by atoms with Gasteiger partial charge in [0.15, 0.2) is 5.03 Å². The number of pyridine rings is 1. The van der Waals surface area contributed by atoms with Crippen LogP contribution in [0.5, 0.6) is 0 Å². The first kappa shape index (κ1) is 16.5. The number of benzene rings is 1. The zero-order chi connectivity index (χ0) is 16.2. The monoisotopic (exact) mass is 338 g/mol. The van der Waals surface area contributed by atoms with Crippen LogP contribution >= 0.6 is 11.6 Å². The maximum atomic E-state index is 12.7. The molecule has 1 aromatic carbocycles. The van der Waals surface area contributed by atoms with E-state index in [0.29, 0.717) is 5.56 Å². The predicted molar refractivity (Wildman–Crippen MR) is 83.7 cm³/mol. The van der Waals surface area contributed by atoms with Crippen LogP contribution in [0.4, 0.5) is 0 Å². The third-order valence-electron chi connectivity index (χ3n) is 2.95. The van der Waals surface area contributed by atoms with Crippen molar-refractivity contribution in [2.45, 2.75) is 23.9 Å². The molecule has 0 saturated heterocycles. The van der Waals surface area contributed by atoms with Gasteiger partial charge < -0.3 is 0 Å². The topological polar surface area (TPSA) is 67.3 Å². The summed E-state index contributed by atoms with van der Waals surface area (Å²) >= 11 is 5.81. The van der Waals surface area contributed by atoms with Crippen LogP contribution in [0.2, 0.25) is 0 Å². The van der Waals surface area contributed by atoms with E-state index in [2.05, 4.69) is 4.98 Å². The van der Waals surface area contributed by atoms with Crippen LogP contribution in [0.1, 0.15) is 12.5 Å². The van der Waals surface area contributed by atoms with Crippen LogP contribution in [0.3, 0.4) is 0 Å². The SMILES string of the molecule is CC(Cl)C(=O)N(Cc1ccccc1)S(=O)(=O)c1ccccn1. The summed E-state index contributed by atoms with van der Waals surface area (Å²) in [7, 11) is -4.06. The minimum Gasteiger partial charge on any atom is -0.272 e. The van der Waals surface area contributed by atoms with Crippen molar-refractivity contribution in [1.29, 1.82) is 0 Å². The molecule has 0 bridgehead atoms. The van der Waals surface area contributed by atoms with Gasteiger partial charge in [-0.15, -0.1) is 11.6 Å². The number of amides is 1. The molecule has 1 aromatic heterocycles. The van der Waals surface area contributed by atoms with Crippen LogP contribution in [-0.4, -0.2) is 29.0 Å². The zero-order valence-corrected chi connectivity index (χ0v) is 13.5. The third-order valence-corrected chi connectivity index (χ3v) is 4.79. The Labute approximate surface area is 134 Å². The number of carbonyl (C=O) groups excluding carboxylic acids is 1. The summed E-state index contributed by atoms with van der Waals surface area (Å²) < 4.78 is 26.1. The van der Waals surface area contributed by atoms with Gasteiger partial charge in [0.25, 0.3) is 15.9 Å². The lowest BCUT2D eigenvalue weighted by Crippen LogP contribution is -2.40. The highest BCUT2D eigenvalue weighted by atomic mass is 35.5. The summed E-state index contributed by atoms with van der Waals surface area (Å²) in [6.07, 6.45) is 1.36. The van der Waals surface area contributed by atoms with Crippen LogP contribution in [-0.2, 0) is 21.4 Å². The standard InChI is InChI=1S/C15H15ClN2O3S/c1-12(16)15(19)18(11-13-7-3-2-4-8-13)22(20,21)14-9-5-6-10-17-14/h2-10,12H,11H2,1H3. The number of nitrogens with zero attached hydrogens (tertiary/aromatic N) is 2. The van der Waals surface area contributed by atoms with Gasteiger partial charge in [0, 0.05) is 6.20 Å². The Bertz CT molecular complexity index is 734. The summed E-state index contributed by atoms with van der Waals surface area (Å²) in [6, 6.07) is 13.3. The highest BCUT2D eigenvalue weighted by molar-refractivity contribution is 7.89. The predicted octanol–water partition coefficient (Wildman–Crippen LogP) is 2.43. The van der Waals surface area contributed by atoms with E-state index >= 15 is 0 Å². The van der Waals surface area contributed by atoms with Crippen LogP contribution < -0.4 is 0 Å². The lowest BCUT2D eigenvalue weighted by atomic mass is 10.2. The second-order valence-electron chi connectivity index (χ2n) is 4.62. The molecule has 1 atom stereocenters. The molecular weight excluding hydrogens is 324 g/mol. The Morgan fingerprint density at radius 1 is 1.18 bits per heavy atom. The summed E-state index contributed by atoms with van der Waals surface area (Å²) in [5.41, 5.74) is 0.688. The second-order valence-corrected chi connectivity index (χ2v) is 7.08. The van der Waals surface area contributed by atoms with E-state index in [1.807, 2.05) is 6.07 Å². The van der Waals surface area contributed by atoms with Crippen molar-refractivity contribution in [2.75, 3.05) is 0 Å². The number of hydrogen-bond donors (Lipinski definition) is 0. The molecule has 0 fully saturated rings. The molecule has 1 amide bonds. The molecule has 0 aliphatic carbocycles. The average Bonchev–Trinajstić information content (AvgIpc) is 2.53. The van der Waals surface area contributed by atoms with Gasteiger partial charge in [-0.3, -0.25) is 4.79 Å². The largest absolute Gasteiger partial charge is 0.284 e. The number of carbonyl (C=O) groups is 1. The van der Waals surface area contributed by atoms with E-state index in [1.54, 1.807) is 36.4 Å². The van der Waals surface area contributed by atoms with Crippen LogP contribution in [0.25, 0.3) is 0 Å². The minimum absolute atomic E-state index is 0.0877. The summed E-state index contributed by atoms with van der Waals surface area (Å²) in [6.45, 7) is 1.35. The minimum atomic E-state index is -4.06. The Morgan fingerprint density at radius 3 is 2.36 bits per heavy atom. The molecule has 0 spiro atoms. The Hall–Kier alpha value is -1.92. The van der Waals surface area contributed by atoms with Crippen molar-refractivity contribution in [3.8, 4) is 0 Å². The average molecular weight is 339 g/mol. The number of aromatic nitrogens is 1. The van der Waals surface area contributed by atoms with Gasteiger partial charge in [0.2, 0.25) is 0 Å². The van der Waals surface area contributed by atoms with E-state index in [9.17, 15) is 13.2 Å². The lowest BCUT2D eigenvalue weighted by molar-refractivity contribution is -0.126. The highest BCUT2D eigenvalue weighted by Crippen LogP contribution is 2.19. The van der Waals surface area contributed by atoms with E-state index in [1.165, 1.54) is 19.2 Å². The molecule has 22 heavy (non-hydrogen) atoms. The summed E-state index contributed by atoms with van der Waals surface area (Å²) in [4.78, 5) is 16.1. The molecule has 0 aliphatic rings. The quantitative estimate of drug-likeness (QED) is 0.785. The molecule has 0 N–H and O–H groups in total. The number of halogens is 1. The molecule has 0 saturated carbocycles. The number of rotatable bonds is 5. The fourth-order valence-corrected chi connectivity index (χ4v) is 3.40. The molecule has 1 unspecified atom stereocenters. The molecular formula is C15H15ClN2O3S. The van der Waals surface area contributed by atoms with Crippen molar-refractivity contribution in [1.82, 2.24) is 9.29 Å². The first-order valence-electron chi connectivity index (χ1n) is 6.58. The van der Waals surface area contributed by atoms with E-state index in [4.69, 9.17) is 11.6 Å². The van der Waals surface area contributed by atoms with Gasteiger partial charge in [-0.2, -0.15) is 8.42 Å². The van der Waals surface area contributed by atoms with Gasteiger partial charge in [0.05, 0.1) is 6.54 Å². The molecule has 0 radical (unpaired) electrons. The van der Waals surface area contributed by atoms with Crippen molar-refractivity contribution < 1.29 is 13.2 Å². The van der Waals surface area contributed by atoms with Gasteiger partial charge in [-0.1, -0.05) is 36.4 Å². The number of alkyl halides is 1. The molecule has 5 nitrogen and oxygen atoms in total. The fraction of sp³-hybridized carbons (Fsp3) is 0.200. The lowest BCUT2D eigenvalue weighted by Gasteiger charge is -2.23. The second kappa shape index (κ2) is 6.89. The van der Waals surface area contributed by atoms with Gasteiger partial charge in [0.1, 0.15) is 5.38 Å². The van der Waals surface area contributed by atoms with Crippen molar-refractivity contribution in [2.24, 2.45) is 0 Å². The van der Waals surface area contributed by atoms with Crippen LogP contribution in [0, 0.1) is 0 Å². The van der Waals surface area contributed by atoms with E-state index < -0.39 is 21.3 Å². The molecule has 2 aromatic rings. The summed E-state index contributed by atoms with van der Waals surface area (Å²) in [5, 5.41) is -1.14.